The van der Waals surface area contributed by atoms with Crippen molar-refractivity contribution in [1.82, 2.24) is 9.97 Å². The molecule has 1 aromatic heterocycles. The van der Waals surface area contributed by atoms with Gasteiger partial charge in [-0.25, -0.2) is 18.2 Å². The molecule has 0 aliphatic rings. The molecule has 4 rings (SSSR count). The van der Waals surface area contributed by atoms with Gasteiger partial charge in [0.2, 0.25) is 5.75 Å². The van der Waals surface area contributed by atoms with Crippen LogP contribution in [0.2, 0.25) is 0 Å². The number of carboxylic acids is 1. The van der Waals surface area contributed by atoms with Gasteiger partial charge in [0.05, 0.1) is 10.6 Å². The van der Waals surface area contributed by atoms with E-state index in [1.54, 1.807) is 24.3 Å². The van der Waals surface area contributed by atoms with E-state index < -0.39 is 33.0 Å². The predicted molar refractivity (Wildman–Crippen MR) is 122 cm³/mol. The van der Waals surface area contributed by atoms with E-state index in [1.165, 1.54) is 24.3 Å². The molecule has 166 valence electrons. The van der Waals surface area contributed by atoms with Gasteiger partial charge in [-0.2, -0.15) is 0 Å². The van der Waals surface area contributed by atoms with Gasteiger partial charge in [-0.3, -0.25) is 9.52 Å². The summed E-state index contributed by atoms with van der Waals surface area (Å²) in [7, 11) is -4.02. The van der Waals surface area contributed by atoms with E-state index in [1.807, 2.05) is 30.3 Å². The number of carboxylic acid groups (broad SMARTS) is 1. The van der Waals surface area contributed by atoms with Gasteiger partial charge in [0.25, 0.3) is 15.6 Å². The van der Waals surface area contributed by atoms with E-state index in [0.29, 0.717) is 0 Å². The van der Waals surface area contributed by atoms with Gasteiger partial charge in [-0.05, 0) is 35.4 Å². The SMILES string of the molecule is O=C(O)c1nc(-c2ccccc2NS(=O)(=O)c2ccc(-c3ccccc3)cc2)[nH]c(=O)c1O. The van der Waals surface area contributed by atoms with Crippen molar-refractivity contribution in [2.45, 2.75) is 4.90 Å². The number of H-pyrrole nitrogens is 1. The number of anilines is 1. The molecule has 0 aliphatic carbocycles. The standard InChI is InChI=1S/C23H17N3O6S/c27-20-19(23(29)30)24-21(25-22(20)28)17-8-4-5-9-18(17)26-33(31,32)16-12-10-15(11-13-16)14-6-2-1-3-7-14/h1-13,26-27H,(H,29,30)(H,24,25,28). The third kappa shape index (κ3) is 4.46. The van der Waals surface area contributed by atoms with Crippen LogP contribution in [0.15, 0.2) is 88.6 Å². The van der Waals surface area contributed by atoms with E-state index in [2.05, 4.69) is 14.7 Å². The fourth-order valence-electron chi connectivity index (χ4n) is 3.18. The second-order valence-electron chi connectivity index (χ2n) is 6.96. The Hall–Kier alpha value is -4.44. The Labute approximate surface area is 188 Å². The molecule has 0 spiro atoms. The monoisotopic (exact) mass is 463 g/mol. The number of aromatic hydroxyl groups is 1. The summed E-state index contributed by atoms with van der Waals surface area (Å²) in [4.78, 5) is 29.3. The molecule has 0 saturated carbocycles. The van der Waals surface area contributed by atoms with Crippen molar-refractivity contribution in [3.05, 3.63) is 94.9 Å². The Balaban J connectivity index is 1.70. The first-order valence-electron chi connectivity index (χ1n) is 9.60. The largest absolute Gasteiger partial charge is 0.501 e. The van der Waals surface area contributed by atoms with Crippen LogP contribution < -0.4 is 10.3 Å². The van der Waals surface area contributed by atoms with Gasteiger partial charge < -0.3 is 15.2 Å². The maximum atomic E-state index is 13.0. The Morgan fingerprint density at radius 1 is 0.879 bits per heavy atom. The number of nitrogens with one attached hydrogen (secondary N) is 2. The van der Waals surface area contributed by atoms with Crippen molar-refractivity contribution in [1.29, 1.82) is 0 Å². The average Bonchev–Trinajstić information content (AvgIpc) is 2.81. The summed E-state index contributed by atoms with van der Waals surface area (Å²) in [5.74, 6) is -2.85. The summed E-state index contributed by atoms with van der Waals surface area (Å²) in [5, 5.41) is 18.8. The zero-order valence-electron chi connectivity index (χ0n) is 16.9. The predicted octanol–water partition coefficient (Wildman–Crippen LogP) is 3.31. The highest BCUT2D eigenvalue weighted by atomic mass is 32.2. The quantitative estimate of drug-likeness (QED) is 0.343. The molecule has 3 aromatic carbocycles. The molecular formula is C23H17N3O6S. The summed E-state index contributed by atoms with van der Waals surface area (Å²) in [6.45, 7) is 0. The summed E-state index contributed by atoms with van der Waals surface area (Å²) >= 11 is 0. The van der Waals surface area contributed by atoms with Crippen molar-refractivity contribution in [3.63, 3.8) is 0 Å². The number of sulfonamides is 1. The van der Waals surface area contributed by atoms with Crippen LogP contribution in [0.1, 0.15) is 10.5 Å². The van der Waals surface area contributed by atoms with E-state index in [4.69, 9.17) is 0 Å². The molecule has 9 nitrogen and oxygen atoms in total. The van der Waals surface area contributed by atoms with Crippen molar-refractivity contribution < 1.29 is 23.4 Å². The van der Waals surface area contributed by atoms with Crippen LogP contribution in [-0.2, 0) is 10.0 Å². The minimum Gasteiger partial charge on any atom is -0.501 e. The van der Waals surface area contributed by atoms with E-state index >= 15 is 0 Å². The molecule has 0 unspecified atom stereocenters. The number of hydrogen-bond acceptors (Lipinski definition) is 6. The lowest BCUT2D eigenvalue weighted by molar-refractivity contribution is 0.0686. The fraction of sp³-hybridized carbons (Fsp3) is 0. The number of nitrogens with zero attached hydrogens (tertiary/aromatic N) is 1. The Kier molecular flexibility index (Phi) is 5.67. The van der Waals surface area contributed by atoms with Crippen LogP contribution in [-0.4, -0.2) is 34.6 Å². The third-order valence-corrected chi connectivity index (χ3v) is 6.18. The number of aromatic carboxylic acids is 1. The fourth-order valence-corrected chi connectivity index (χ4v) is 4.26. The van der Waals surface area contributed by atoms with E-state index in [0.717, 1.165) is 11.1 Å². The molecule has 0 aliphatic heterocycles. The number of aromatic amines is 1. The number of carbonyl (C=O) groups is 1. The number of benzene rings is 3. The van der Waals surface area contributed by atoms with Crippen LogP contribution in [0.5, 0.6) is 5.75 Å². The summed E-state index contributed by atoms with van der Waals surface area (Å²) in [6.07, 6.45) is 0. The molecule has 0 radical (unpaired) electrons. The molecule has 0 amide bonds. The zero-order valence-corrected chi connectivity index (χ0v) is 17.7. The summed E-state index contributed by atoms with van der Waals surface area (Å²) in [5.41, 5.74) is 0.0734. The first kappa shape index (κ1) is 21.8. The zero-order chi connectivity index (χ0) is 23.6. The maximum Gasteiger partial charge on any atom is 0.358 e. The van der Waals surface area contributed by atoms with Crippen LogP contribution in [0, 0.1) is 0 Å². The first-order valence-corrected chi connectivity index (χ1v) is 11.1. The van der Waals surface area contributed by atoms with Crippen molar-refractivity contribution in [3.8, 4) is 28.3 Å². The third-order valence-electron chi connectivity index (χ3n) is 4.80. The van der Waals surface area contributed by atoms with Gasteiger partial charge in [0.1, 0.15) is 5.82 Å². The Bertz CT molecular complexity index is 1500. The Morgan fingerprint density at radius 3 is 2.15 bits per heavy atom. The van der Waals surface area contributed by atoms with Crippen molar-refractivity contribution in [2.24, 2.45) is 0 Å². The molecule has 0 saturated heterocycles. The lowest BCUT2D eigenvalue weighted by Crippen LogP contribution is -2.17. The molecule has 10 heteroatoms. The van der Waals surface area contributed by atoms with Crippen LogP contribution >= 0.6 is 0 Å². The molecule has 1 heterocycles. The molecule has 0 fully saturated rings. The molecule has 0 bridgehead atoms. The second-order valence-corrected chi connectivity index (χ2v) is 8.64. The van der Waals surface area contributed by atoms with Crippen LogP contribution in [0.4, 0.5) is 5.69 Å². The minimum absolute atomic E-state index is 0.00960. The smallest absolute Gasteiger partial charge is 0.358 e. The van der Waals surface area contributed by atoms with Gasteiger partial charge >= 0.3 is 5.97 Å². The summed E-state index contributed by atoms with van der Waals surface area (Å²) < 4.78 is 28.4. The number of rotatable bonds is 6. The summed E-state index contributed by atoms with van der Waals surface area (Å²) in [6, 6.07) is 21.8. The molecular weight excluding hydrogens is 446 g/mol. The molecule has 33 heavy (non-hydrogen) atoms. The van der Waals surface area contributed by atoms with Gasteiger partial charge in [0.15, 0.2) is 5.69 Å². The highest BCUT2D eigenvalue weighted by Gasteiger charge is 2.21. The molecule has 4 aromatic rings. The van der Waals surface area contributed by atoms with Crippen LogP contribution in [0.25, 0.3) is 22.5 Å². The Morgan fingerprint density at radius 2 is 1.48 bits per heavy atom. The maximum absolute atomic E-state index is 13.0. The number of hydrogen-bond donors (Lipinski definition) is 4. The topological polar surface area (TPSA) is 149 Å². The number of aromatic nitrogens is 2. The lowest BCUT2D eigenvalue weighted by atomic mass is 10.1. The van der Waals surface area contributed by atoms with Gasteiger partial charge in [-0.1, -0.05) is 54.6 Å². The van der Waals surface area contributed by atoms with E-state index in [-0.39, 0.29) is 22.0 Å². The van der Waals surface area contributed by atoms with Gasteiger partial charge in [0, 0.05) is 5.56 Å². The van der Waals surface area contributed by atoms with Crippen molar-refractivity contribution >= 4 is 21.7 Å². The average molecular weight is 463 g/mol. The molecule has 4 N–H and O–H groups in total. The van der Waals surface area contributed by atoms with Crippen LogP contribution in [0.3, 0.4) is 0 Å². The highest BCUT2D eigenvalue weighted by Crippen LogP contribution is 2.28. The van der Waals surface area contributed by atoms with E-state index in [9.17, 15) is 28.2 Å². The normalized spacial score (nSPS) is 11.2. The highest BCUT2D eigenvalue weighted by molar-refractivity contribution is 7.92. The minimum atomic E-state index is -4.02. The van der Waals surface area contributed by atoms with Gasteiger partial charge in [-0.15, -0.1) is 0 Å². The lowest BCUT2D eigenvalue weighted by Gasteiger charge is -2.13. The second kappa shape index (κ2) is 8.60. The molecule has 0 atom stereocenters. The number of para-hydroxylation sites is 1. The van der Waals surface area contributed by atoms with Crippen molar-refractivity contribution in [2.75, 3.05) is 4.72 Å². The first-order chi connectivity index (χ1) is 15.8.